The molecule has 1 heterocycles. The van der Waals surface area contributed by atoms with Gasteiger partial charge in [0.1, 0.15) is 11.4 Å². The van der Waals surface area contributed by atoms with E-state index in [0.717, 1.165) is 0 Å². The summed E-state index contributed by atoms with van der Waals surface area (Å²) in [6.45, 7) is 4.22. The molecule has 1 N–H and O–H groups in total. The van der Waals surface area contributed by atoms with Crippen LogP contribution in [0.4, 0.5) is 5.82 Å². The van der Waals surface area contributed by atoms with Gasteiger partial charge in [-0.3, -0.25) is 4.79 Å². The van der Waals surface area contributed by atoms with Gasteiger partial charge >= 0.3 is 11.9 Å². The first kappa shape index (κ1) is 14.9. The zero-order valence-electron chi connectivity index (χ0n) is 11.3. The van der Waals surface area contributed by atoms with E-state index in [-0.39, 0.29) is 12.5 Å². The first-order chi connectivity index (χ1) is 9.01. The Labute approximate surface area is 112 Å². The maximum absolute atomic E-state index is 11.7. The number of carboxylic acid groups (broad SMARTS) is 1. The smallest absolute Gasteiger partial charge is 0.341 e. The molecule has 104 valence electrons. The summed E-state index contributed by atoms with van der Waals surface area (Å²) in [6, 6.07) is 3.00. The number of carbonyl (C=O) groups is 2. The summed E-state index contributed by atoms with van der Waals surface area (Å²) in [6.07, 6.45) is 1.54. The molecule has 0 amide bonds. The van der Waals surface area contributed by atoms with Gasteiger partial charge in [-0.05, 0) is 26.0 Å². The minimum absolute atomic E-state index is 0.0228. The molecule has 6 nitrogen and oxygen atoms in total. The molecule has 0 aliphatic carbocycles. The number of ether oxygens (including phenoxy) is 1. The Morgan fingerprint density at radius 2 is 2.21 bits per heavy atom. The average Bonchev–Trinajstić information content (AvgIpc) is 2.38. The maximum atomic E-state index is 11.7. The van der Waals surface area contributed by atoms with E-state index in [9.17, 15) is 9.59 Å². The van der Waals surface area contributed by atoms with Crippen LogP contribution in [0.1, 0.15) is 30.6 Å². The van der Waals surface area contributed by atoms with Gasteiger partial charge in [-0.25, -0.2) is 9.78 Å². The van der Waals surface area contributed by atoms with E-state index < -0.39 is 11.9 Å². The standard InChI is InChI=1S/C13H18N2O4/c1-4-15(9(2)8-11(16)17)12-10(13(18)19-3)6-5-7-14-12/h5-7,9H,4,8H2,1-3H3,(H,16,17). The van der Waals surface area contributed by atoms with Gasteiger partial charge in [-0.1, -0.05) is 0 Å². The van der Waals surface area contributed by atoms with Crippen molar-refractivity contribution in [2.75, 3.05) is 18.6 Å². The molecule has 0 saturated heterocycles. The Bertz CT molecular complexity index is 462. The monoisotopic (exact) mass is 266 g/mol. The van der Waals surface area contributed by atoms with Crippen LogP contribution in [0.5, 0.6) is 0 Å². The van der Waals surface area contributed by atoms with Gasteiger partial charge in [-0.15, -0.1) is 0 Å². The zero-order chi connectivity index (χ0) is 14.4. The summed E-state index contributed by atoms with van der Waals surface area (Å²) >= 11 is 0. The van der Waals surface area contributed by atoms with E-state index in [4.69, 9.17) is 9.84 Å². The number of rotatable bonds is 6. The minimum atomic E-state index is -0.888. The van der Waals surface area contributed by atoms with Gasteiger partial charge in [-0.2, -0.15) is 0 Å². The van der Waals surface area contributed by atoms with Crippen LogP contribution in [0.2, 0.25) is 0 Å². The molecule has 0 fully saturated rings. The van der Waals surface area contributed by atoms with E-state index in [1.165, 1.54) is 7.11 Å². The van der Waals surface area contributed by atoms with Crippen molar-refractivity contribution in [2.45, 2.75) is 26.3 Å². The van der Waals surface area contributed by atoms with Gasteiger partial charge < -0.3 is 14.7 Å². The van der Waals surface area contributed by atoms with E-state index >= 15 is 0 Å². The highest BCUT2D eigenvalue weighted by Gasteiger charge is 2.22. The Morgan fingerprint density at radius 3 is 2.74 bits per heavy atom. The maximum Gasteiger partial charge on any atom is 0.341 e. The van der Waals surface area contributed by atoms with E-state index in [2.05, 4.69) is 4.98 Å². The van der Waals surface area contributed by atoms with Gasteiger partial charge in [0.25, 0.3) is 0 Å². The molecule has 1 rings (SSSR count). The summed E-state index contributed by atoms with van der Waals surface area (Å²) in [4.78, 5) is 28.4. The normalized spacial score (nSPS) is 11.7. The molecule has 0 saturated carbocycles. The van der Waals surface area contributed by atoms with Crippen molar-refractivity contribution in [2.24, 2.45) is 0 Å². The third-order valence-corrected chi connectivity index (χ3v) is 2.81. The highest BCUT2D eigenvalue weighted by Crippen LogP contribution is 2.21. The number of anilines is 1. The Kier molecular flexibility index (Phi) is 5.29. The Balaban J connectivity index is 3.11. The molecule has 6 heteroatoms. The molecular formula is C13H18N2O4. The number of carbonyl (C=O) groups excluding carboxylic acids is 1. The van der Waals surface area contributed by atoms with Gasteiger partial charge in [0.2, 0.25) is 0 Å². The predicted octanol–water partition coefficient (Wildman–Crippen LogP) is 1.56. The molecule has 1 aromatic heterocycles. The number of nitrogens with zero attached hydrogens (tertiary/aromatic N) is 2. The largest absolute Gasteiger partial charge is 0.481 e. The molecule has 0 bridgehead atoms. The third-order valence-electron chi connectivity index (χ3n) is 2.81. The van der Waals surface area contributed by atoms with Gasteiger partial charge in [0.05, 0.1) is 13.5 Å². The summed E-state index contributed by atoms with van der Waals surface area (Å²) in [7, 11) is 1.30. The first-order valence-electron chi connectivity index (χ1n) is 6.03. The second-order valence-corrected chi connectivity index (χ2v) is 4.10. The molecule has 19 heavy (non-hydrogen) atoms. The third kappa shape index (κ3) is 3.67. The zero-order valence-corrected chi connectivity index (χ0v) is 11.3. The van der Waals surface area contributed by atoms with Crippen molar-refractivity contribution < 1.29 is 19.4 Å². The molecule has 0 aliphatic heterocycles. The van der Waals surface area contributed by atoms with Crippen molar-refractivity contribution in [3.8, 4) is 0 Å². The average molecular weight is 266 g/mol. The van der Waals surface area contributed by atoms with Crippen LogP contribution in [0.3, 0.4) is 0 Å². The number of aliphatic carboxylic acids is 1. The highest BCUT2D eigenvalue weighted by atomic mass is 16.5. The number of carboxylic acids is 1. The SMILES string of the molecule is CCN(c1ncccc1C(=O)OC)C(C)CC(=O)O. The van der Waals surface area contributed by atoms with Crippen LogP contribution in [0.15, 0.2) is 18.3 Å². The number of esters is 1. The van der Waals surface area contributed by atoms with Crippen molar-refractivity contribution in [3.63, 3.8) is 0 Å². The summed E-state index contributed by atoms with van der Waals surface area (Å²) in [5, 5.41) is 8.86. The van der Waals surface area contributed by atoms with Gasteiger partial charge in [0, 0.05) is 18.8 Å². The van der Waals surface area contributed by atoms with Crippen molar-refractivity contribution >= 4 is 17.8 Å². The first-order valence-corrected chi connectivity index (χ1v) is 6.03. The van der Waals surface area contributed by atoms with Crippen LogP contribution in [-0.2, 0) is 9.53 Å². The van der Waals surface area contributed by atoms with Crippen molar-refractivity contribution in [1.82, 2.24) is 4.98 Å². The van der Waals surface area contributed by atoms with Crippen LogP contribution < -0.4 is 4.90 Å². The molecule has 0 spiro atoms. The number of methoxy groups -OCH3 is 1. The summed E-state index contributed by atoms with van der Waals surface area (Å²) in [5.41, 5.74) is 0.337. The number of pyridine rings is 1. The molecule has 0 aliphatic rings. The molecule has 0 radical (unpaired) electrons. The fraction of sp³-hybridized carbons (Fsp3) is 0.462. The Morgan fingerprint density at radius 1 is 1.53 bits per heavy atom. The summed E-state index contributed by atoms with van der Waals surface area (Å²) < 4.78 is 4.71. The lowest BCUT2D eigenvalue weighted by molar-refractivity contribution is -0.137. The molecular weight excluding hydrogens is 248 g/mol. The second-order valence-electron chi connectivity index (χ2n) is 4.10. The molecule has 1 unspecified atom stereocenters. The number of aromatic nitrogens is 1. The highest BCUT2D eigenvalue weighted by molar-refractivity contribution is 5.94. The molecule has 0 aromatic carbocycles. The van der Waals surface area contributed by atoms with Crippen molar-refractivity contribution in [3.05, 3.63) is 23.9 Å². The van der Waals surface area contributed by atoms with E-state index in [0.29, 0.717) is 17.9 Å². The van der Waals surface area contributed by atoms with Gasteiger partial charge in [0.15, 0.2) is 0 Å². The molecule has 1 atom stereocenters. The van der Waals surface area contributed by atoms with Crippen molar-refractivity contribution in [1.29, 1.82) is 0 Å². The lowest BCUT2D eigenvalue weighted by Crippen LogP contribution is -2.36. The van der Waals surface area contributed by atoms with Crippen LogP contribution >= 0.6 is 0 Å². The van der Waals surface area contributed by atoms with Crippen LogP contribution in [0.25, 0.3) is 0 Å². The minimum Gasteiger partial charge on any atom is -0.481 e. The predicted molar refractivity (Wildman–Crippen MR) is 70.3 cm³/mol. The number of hydrogen-bond acceptors (Lipinski definition) is 5. The quantitative estimate of drug-likeness (QED) is 0.787. The fourth-order valence-electron chi connectivity index (χ4n) is 1.93. The summed E-state index contributed by atoms with van der Waals surface area (Å²) in [5.74, 6) is -0.920. The van der Waals surface area contributed by atoms with Crippen LogP contribution in [0, 0.1) is 0 Å². The second kappa shape index (κ2) is 6.72. The fourth-order valence-corrected chi connectivity index (χ4v) is 1.93. The topological polar surface area (TPSA) is 79.7 Å². The van der Waals surface area contributed by atoms with E-state index in [1.807, 2.05) is 6.92 Å². The lowest BCUT2D eigenvalue weighted by atomic mass is 10.1. The lowest BCUT2D eigenvalue weighted by Gasteiger charge is -2.29. The Hall–Kier alpha value is -2.11. The number of hydrogen-bond donors (Lipinski definition) is 1. The van der Waals surface area contributed by atoms with Crippen LogP contribution in [-0.4, -0.2) is 41.7 Å². The molecule has 1 aromatic rings. The van der Waals surface area contributed by atoms with E-state index in [1.54, 1.807) is 30.2 Å².